The van der Waals surface area contributed by atoms with Gasteiger partial charge in [0, 0.05) is 0 Å². The van der Waals surface area contributed by atoms with Gasteiger partial charge in [0.2, 0.25) is 0 Å². The van der Waals surface area contributed by atoms with Crippen LogP contribution >= 0.6 is 0 Å². The van der Waals surface area contributed by atoms with Gasteiger partial charge in [-0.05, 0) is 46.0 Å². The molecule has 2 N–H and O–H groups in total. The molecule has 1 amide bonds. The van der Waals surface area contributed by atoms with Crippen LogP contribution in [0.25, 0.3) is 0 Å². The maximum absolute atomic E-state index is 11.6. The van der Waals surface area contributed by atoms with Crippen LogP contribution in [0, 0.1) is 5.92 Å². The van der Waals surface area contributed by atoms with Gasteiger partial charge in [0.15, 0.2) is 0 Å². The summed E-state index contributed by atoms with van der Waals surface area (Å²) in [5.74, 6) is -0.672. The van der Waals surface area contributed by atoms with Crippen molar-refractivity contribution >= 4 is 12.1 Å². The Morgan fingerprint density at radius 3 is 2.35 bits per heavy atom. The summed E-state index contributed by atoms with van der Waals surface area (Å²) in [6, 6.07) is 0. The van der Waals surface area contributed by atoms with Crippen LogP contribution in [0.15, 0.2) is 0 Å². The van der Waals surface area contributed by atoms with Crippen molar-refractivity contribution in [3.05, 3.63) is 0 Å². The molecule has 0 bridgehead atoms. The standard InChI is InChI=1S/C12H21NO4/c1-8-5-6-12(7-8,9(14)15)13-10(16)17-11(2,3)4/h8H,5-7H2,1-4H3,(H,13,16)(H,14,15)/t8-,12-/m1/s1. The van der Waals surface area contributed by atoms with E-state index in [2.05, 4.69) is 5.32 Å². The summed E-state index contributed by atoms with van der Waals surface area (Å²) >= 11 is 0. The fourth-order valence-electron chi connectivity index (χ4n) is 2.15. The number of carboxylic acids is 1. The Hall–Kier alpha value is -1.26. The van der Waals surface area contributed by atoms with Crippen molar-refractivity contribution in [2.24, 2.45) is 5.92 Å². The number of amides is 1. The minimum absolute atomic E-state index is 0.307. The molecule has 0 aromatic heterocycles. The Labute approximate surface area is 102 Å². The van der Waals surface area contributed by atoms with Gasteiger partial charge in [-0.15, -0.1) is 0 Å². The first-order valence-electron chi connectivity index (χ1n) is 5.89. The molecule has 98 valence electrons. The van der Waals surface area contributed by atoms with Crippen molar-refractivity contribution in [2.45, 2.75) is 58.1 Å². The molecular weight excluding hydrogens is 222 g/mol. The average molecular weight is 243 g/mol. The highest BCUT2D eigenvalue weighted by Crippen LogP contribution is 2.34. The van der Waals surface area contributed by atoms with Crippen molar-refractivity contribution in [1.82, 2.24) is 5.32 Å². The normalized spacial score (nSPS) is 28.8. The van der Waals surface area contributed by atoms with Gasteiger partial charge >= 0.3 is 12.1 Å². The molecule has 0 unspecified atom stereocenters. The van der Waals surface area contributed by atoms with E-state index in [0.29, 0.717) is 18.8 Å². The number of carbonyl (C=O) groups is 2. The maximum atomic E-state index is 11.6. The summed E-state index contributed by atoms with van der Waals surface area (Å²) in [6.07, 6.45) is 1.07. The minimum Gasteiger partial charge on any atom is -0.480 e. The number of carbonyl (C=O) groups excluding carboxylic acids is 1. The van der Waals surface area contributed by atoms with Crippen molar-refractivity contribution < 1.29 is 19.4 Å². The zero-order valence-electron chi connectivity index (χ0n) is 10.9. The van der Waals surface area contributed by atoms with Crippen LogP contribution in [0.5, 0.6) is 0 Å². The number of nitrogens with one attached hydrogen (secondary N) is 1. The molecule has 1 saturated carbocycles. The van der Waals surface area contributed by atoms with E-state index < -0.39 is 23.2 Å². The molecule has 5 heteroatoms. The number of aliphatic carboxylic acids is 1. The van der Waals surface area contributed by atoms with E-state index in [0.717, 1.165) is 6.42 Å². The second-order valence-corrected chi connectivity index (χ2v) is 5.86. The van der Waals surface area contributed by atoms with Crippen molar-refractivity contribution in [2.75, 3.05) is 0 Å². The molecule has 1 fully saturated rings. The first-order chi connectivity index (χ1) is 7.65. The van der Waals surface area contributed by atoms with Crippen LogP contribution in [0.3, 0.4) is 0 Å². The highest BCUT2D eigenvalue weighted by Gasteiger charge is 2.46. The lowest BCUT2D eigenvalue weighted by Crippen LogP contribution is -2.53. The van der Waals surface area contributed by atoms with Crippen LogP contribution in [-0.4, -0.2) is 28.3 Å². The van der Waals surface area contributed by atoms with Gasteiger partial charge in [-0.1, -0.05) is 6.92 Å². The lowest BCUT2D eigenvalue weighted by molar-refractivity contribution is -0.144. The summed E-state index contributed by atoms with van der Waals surface area (Å²) in [6.45, 7) is 7.23. The van der Waals surface area contributed by atoms with E-state index in [1.807, 2.05) is 6.92 Å². The molecule has 17 heavy (non-hydrogen) atoms. The van der Waals surface area contributed by atoms with E-state index in [4.69, 9.17) is 4.74 Å². The van der Waals surface area contributed by atoms with Gasteiger partial charge in [-0.3, -0.25) is 0 Å². The maximum Gasteiger partial charge on any atom is 0.408 e. The third-order valence-corrected chi connectivity index (χ3v) is 2.91. The number of carboxylic acid groups (broad SMARTS) is 1. The molecule has 2 atom stereocenters. The molecule has 1 rings (SSSR count). The van der Waals surface area contributed by atoms with E-state index in [-0.39, 0.29) is 0 Å². The molecule has 0 aromatic carbocycles. The Kier molecular flexibility index (Phi) is 3.69. The molecule has 1 aliphatic carbocycles. The van der Waals surface area contributed by atoms with Crippen LogP contribution in [0.4, 0.5) is 4.79 Å². The molecule has 1 aliphatic rings. The highest BCUT2D eigenvalue weighted by molar-refractivity contribution is 5.84. The molecule has 0 radical (unpaired) electrons. The van der Waals surface area contributed by atoms with Crippen LogP contribution in [-0.2, 0) is 9.53 Å². The largest absolute Gasteiger partial charge is 0.480 e. The fourth-order valence-corrected chi connectivity index (χ4v) is 2.15. The minimum atomic E-state index is -1.15. The van der Waals surface area contributed by atoms with Gasteiger partial charge in [-0.25, -0.2) is 9.59 Å². The summed E-state index contributed by atoms with van der Waals surface area (Å²) in [5, 5.41) is 11.8. The fraction of sp³-hybridized carbons (Fsp3) is 0.833. The number of ether oxygens (including phenoxy) is 1. The molecule has 0 heterocycles. The van der Waals surface area contributed by atoms with Gasteiger partial charge in [0.1, 0.15) is 11.1 Å². The second-order valence-electron chi connectivity index (χ2n) is 5.86. The first kappa shape index (κ1) is 13.8. The van der Waals surface area contributed by atoms with Crippen LogP contribution in [0.2, 0.25) is 0 Å². The van der Waals surface area contributed by atoms with Crippen LogP contribution in [0.1, 0.15) is 47.0 Å². The molecule has 5 nitrogen and oxygen atoms in total. The predicted molar refractivity (Wildman–Crippen MR) is 62.8 cm³/mol. The number of alkyl carbamates (subject to hydrolysis) is 1. The average Bonchev–Trinajstić information content (AvgIpc) is 2.44. The van der Waals surface area contributed by atoms with E-state index >= 15 is 0 Å². The van der Waals surface area contributed by atoms with Gasteiger partial charge in [-0.2, -0.15) is 0 Å². The zero-order chi connectivity index (χ0) is 13.3. The third-order valence-electron chi connectivity index (χ3n) is 2.91. The number of hydrogen-bond donors (Lipinski definition) is 2. The van der Waals surface area contributed by atoms with Crippen molar-refractivity contribution in [1.29, 1.82) is 0 Å². The van der Waals surface area contributed by atoms with Gasteiger partial charge < -0.3 is 15.2 Å². The zero-order valence-corrected chi connectivity index (χ0v) is 10.9. The molecule has 0 aromatic rings. The van der Waals surface area contributed by atoms with Gasteiger partial charge in [0.25, 0.3) is 0 Å². The quantitative estimate of drug-likeness (QED) is 0.779. The Morgan fingerprint density at radius 2 is 2.00 bits per heavy atom. The third kappa shape index (κ3) is 3.61. The summed E-state index contributed by atoms with van der Waals surface area (Å²) in [5.41, 5.74) is -1.77. The monoisotopic (exact) mass is 243 g/mol. The van der Waals surface area contributed by atoms with Crippen molar-refractivity contribution in [3.8, 4) is 0 Å². The SMILES string of the molecule is C[C@@H]1CC[C@](NC(=O)OC(C)(C)C)(C(=O)O)C1. The molecular formula is C12H21NO4. The summed E-state index contributed by atoms with van der Waals surface area (Å²) in [4.78, 5) is 22.9. The molecule has 0 saturated heterocycles. The number of hydrogen-bond acceptors (Lipinski definition) is 3. The topological polar surface area (TPSA) is 75.6 Å². The number of rotatable bonds is 2. The second kappa shape index (κ2) is 4.55. The van der Waals surface area contributed by atoms with Crippen LogP contribution < -0.4 is 5.32 Å². The molecule has 0 spiro atoms. The van der Waals surface area contributed by atoms with E-state index in [1.165, 1.54) is 0 Å². The first-order valence-corrected chi connectivity index (χ1v) is 5.89. The van der Waals surface area contributed by atoms with E-state index in [9.17, 15) is 14.7 Å². The van der Waals surface area contributed by atoms with Crippen molar-refractivity contribution in [3.63, 3.8) is 0 Å². The lowest BCUT2D eigenvalue weighted by Gasteiger charge is -2.28. The Morgan fingerprint density at radius 1 is 1.41 bits per heavy atom. The Balaban J connectivity index is 2.69. The summed E-state index contributed by atoms with van der Waals surface area (Å²) < 4.78 is 5.10. The summed E-state index contributed by atoms with van der Waals surface area (Å²) in [7, 11) is 0. The molecule has 0 aliphatic heterocycles. The smallest absolute Gasteiger partial charge is 0.408 e. The van der Waals surface area contributed by atoms with E-state index in [1.54, 1.807) is 20.8 Å². The Bertz CT molecular complexity index is 321. The predicted octanol–water partition coefficient (Wildman–Crippen LogP) is 2.15. The highest BCUT2D eigenvalue weighted by atomic mass is 16.6. The van der Waals surface area contributed by atoms with Gasteiger partial charge in [0.05, 0.1) is 0 Å². The lowest BCUT2D eigenvalue weighted by atomic mass is 9.97.